The summed E-state index contributed by atoms with van der Waals surface area (Å²) in [7, 11) is 0. The van der Waals surface area contributed by atoms with E-state index in [-0.39, 0.29) is 11.9 Å². The quantitative estimate of drug-likeness (QED) is 0.488. The van der Waals surface area contributed by atoms with Crippen LogP contribution in [0.5, 0.6) is 0 Å². The number of carbonyl (C=O) groups is 1. The molecule has 31 heavy (non-hydrogen) atoms. The molecule has 1 aliphatic heterocycles. The first-order valence-electron chi connectivity index (χ1n) is 10.8. The summed E-state index contributed by atoms with van der Waals surface area (Å²) in [4.78, 5) is 21.9. The molecule has 3 aromatic carbocycles. The van der Waals surface area contributed by atoms with E-state index in [1.54, 1.807) is 6.20 Å². The molecule has 1 aliphatic rings. The first-order chi connectivity index (χ1) is 15.3. The van der Waals surface area contributed by atoms with Gasteiger partial charge in [0.1, 0.15) is 5.69 Å². The van der Waals surface area contributed by atoms with E-state index in [2.05, 4.69) is 70.5 Å². The number of hydrogen-bond donors (Lipinski definition) is 0. The molecular formula is C27H25N3O. The van der Waals surface area contributed by atoms with Crippen LogP contribution in [0.3, 0.4) is 0 Å². The Labute approximate surface area is 182 Å². The van der Waals surface area contributed by atoms with Gasteiger partial charge in [0.05, 0.1) is 6.04 Å². The predicted octanol–water partition coefficient (Wildman–Crippen LogP) is 4.78. The molecule has 1 fully saturated rings. The molecule has 1 aromatic heterocycles. The lowest BCUT2D eigenvalue weighted by molar-refractivity contribution is 0.0592. The number of carbonyl (C=O) groups excluding carboxylic acids is 1. The van der Waals surface area contributed by atoms with Crippen molar-refractivity contribution in [3.63, 3.8) is 0 Å². The number of fused-ring (bicyclic) bond motifs is 1. The summed E-state index contributed by atoms with van der Waals surface area (Å²) in [6.45, 7) is 3.05. The van der Waals surface area contributed by atoms with E-state index in [0.717, 1.165) is 23.9 Å². The van der Waals surface area contributed by atoms with Crippen molar-refractivity contribution in [1.82, 2.24) is 14.8 Å². The average molecular weight is 408 g/mol. The third-order valence-electron chi connectivity index (χ3n) is 6.05. The summed E-state index contributed by atoms with van der Waals surface area (Å²) in [5, 5.41) is 2.10. The normalized spacial score (nSPS) is 14.8. The smallest absolute Gasteiger partial charge is 0.272 e. The van der Waals surface area contributed by atoms with Crippen LogP contribution in [0.15, 0.2) is 97.2 Å². The molecule has 0 spiro atoms. The lowest BCUT2D eigenvalue weighted by atomic mass is 9.96. The summed E-state index contributed by atoms with van der Waals surface area (Å²) in [5.41, 5.74) is 3.09. The number of piperazine rings is 1. The molecule has 0 aliphatic carbocycles. The van der Waals surface area contributed by atoms with E-state index >= 15 is 0 Å². The van der Waals surface area contributed by atoms with E-state index in [0.29, 0.717) is 18.8 Å². The van der Waals surface area contributed by atoms with Crippen LogP contribution in [-0.2, 0) is 0 Å². The standard InChI is InChI=1S/C27H25N3O/c31-27(25-19-23-13-7-8-14-24(23)20-28-25)30-17-15-29(16-18-30)26(21-9-3-1-4-10-21)22-11-5-2-6-12-22/h1-14,19-20,26H,15-18H2. The molecule has 1 amide bonds. The lowest BCUT2D eigenvalue weighted by Crippen LogP contribution is -2.50. The lowest BCUT2D eigenvalue weighted by Gasteiger charge is -2.39. The number of amides is 1. The van der Waals surface area contributed by atoms with Crippen LogP contribution < -0.4 is 0 Å². The summed E-state index contributed by atoms with van der Waals surface area (Å²) < 4.78 is 0. The maximum absolute atomic E-state index is 13.1. The number of aromatic nitrogens is 1. The second kappa shape index (κ2) is 8.70. The molecule has 4 aromatic rings. The van der Waals surface area contributed by atoms with Gasteiger partial charge >= 0.3 is 0 Å². The van der Waals surface area contributed by atoms with Gasteiger partial charge in [-0.2, -0.15) is 0 Å². The van der Waals surface area contributed by atoms with Gasteiger partial charge in [0, 0.05) is 37.8 Å². The second-order valence-electron chi connectivity index (χ2n) is 7.97. The van der Waals surface area contributed by atoms with Crippen LogP contribution >= 0.6 is 0 Å². The number of nitrogens with zero attached hydrogens (tertiary/aromatic N) is 3. The van der Waals surface area contributed by atoms with Gasteiger partial charge in [0.25, 0.3) is 5.91 Å². The molecule has 4 nitrogen and oxygen atoms in total. The first kappa shape index (κ1) is 19.5. The van der Waals surface area contributed by atoms with Crippen molar-refractivity contribution >= 4 is 16.7 Å². The van der Waals surface area contributed by atoms with Gasteiger partial charge in [-0.25, -0.2) is 0 Å². The fourth-order valence-corrected chi connectivity index (χ4v) is 4.43. The Morgan fingerprint density at radius 2 is 1.26 bits per heavy atom. The Hall–Kier alpha value is -3.50. The summed E-state index contributed by atoms with van der Waals surface area (Å²) in [6, 6.07) is 31.4. The highest BCUT2D eigenvalue weighted by atomic mass is 16.2. The zero-order valence-corrected chi connectivity index (χ0v) is 17.4. The average Bonchev–Trinajstić information content (AvgIpc) is 2.85. The molecule has 4 heteroatoms. The van der Waals surface area contributed by atoms with E-state index in [1.807, 2.05) is 35.2 Å². The van der Waals surface area contributed by atoms with Crippen molar-refractivity contribution in [2.45, 2.75) is 6.04 Å². The van der Waals surface area contributed by atoms with Crippen LogP contribution in [0.25, 0.3) is 10.8 Å². The van der Waals surface area contributed by atoms with Crippen LogP contribution in [0.4, 0.5) is 0 Å². The van der Waals surface area contributed by atoms with Gasteiger partial charge in [0.15, 0.2) is 0 Å². The highest BCUT2D eigenvalue weighted by molar-refractivity contribution is 5.96. The Balaban J connectivity index is 1.34. The molecule has 0 radical (unpaired) electrons. The maximum Gasteiger partial charge on any atom is 0.272 e. The van der Waals surface area contributed by atoms with Crippen LogP contribution in [0, 0.1) is 0 Å². The number of rotatable bonds is 4. The van der Waals surface area contributed by atoms with Crippen molar-refractivity contribution in [3.05, 3.63) is 114 Å². The Morgan fingerprint density at radius 3 is 1.87 bits per heavy atom. The highest BCUT2D eigenvalue weighted by Crippen LogP contribution is 2.29. The molecule has 2 heterocycles. The molecule has 0 bridgehead atoms. The molecular weight excluding hydrogens is 382 g/mol. The van der Waals surface area contributed by atoms with Gasteiger partial charge in [-0.1, -0.05) is 84.9 Å². The first-order valence-corrected chi connectivity index (χ1v) is 10.8. The molecule has 154 valence electrons. The fourth-order valence-electron chi connectivity index (χ4n) is 4.43. The second-order valence-corrected chi connectivity index (χ2v) is 7.97. The van der Waals surface area contributed by atoms with Crippen molar-refractivity contribution in [3.8, 4) is 0 Å². The van der Waals surface area contributed by atoms with Gasteiger partial charge in [0.2, 0.25) is 0 Å². The van der Waals surface area contributed by atoms with Crippen molar-refractivity contribution in [1.29, 1.82) is 0 Å². The largest absolute Gasteiger partial charge is 0.335 e. The third kappa shape index (κ3) is 4.07. The fraction of sp³-hybridized carbons (Fsp3) is 0.185. The molecule has 5 rings (SSSR count). The Kier molecular flexibility index (Phi) is 5.46. The highest BCUT2D eigenvalue weighted by Gasteiger charge is 2.28. The third-order valence-corrected chi connectivity index (χ3v) is 6.05. The van der Waals surface area contributed by atoms with Gasteiger partial charge < -0.3 is 4.90 Å². The molecule has 0 N–H and O–H groups in total. The SMILES string of the molecule is O=C(c1cc2ccccc2cn1)N1CCN(C(c2ccccc2)c2ccccc2)CC1. The van der Waals surface area contributed by atoms with E-state index in [1.165, 1.54) is 11.1 Å². The van der Waals surface area contributed by atoms with Crippen LogP contribution in [0.1, 0.15) is 27.7 Å². The molecule has 0 saturated carbocycles. The van der Waals surface area contributed by atoms with Gasteiger partial charge in [-0.3, -0.25) is 14.7 Å². The number of hydrogen-bond acceptors (Lipinski definition) is 3. The van der Waals surface area contributed by atoms with Crippen LogP contribution in [-0.4, -0.2) is 46.9 Å². The molecule has 0 atom stereocenters. The van der Waals surface area contributed by atoms with Crippen molar-refractivity contribution in [2.75, 3.05) is 26.2 Å². The van der Waals surface area contributed by atoms with E-state index in [9.17, 15) is 4.79 Å². The van der Waals surface area contributed by atoms with Crippen molar-refractivity contribution < 1.29 is 4.79 Å². The van der Waals surface area contributed by atoms with E-state index < -0.39 is 0 Å². The van der Waals surface area contributed by atoms with Gasteiger partial charge in [-0.15, -0.1) is 0 Å². The van der Waals surface area contributed by atoms with Gasteiger partial charge in [-0.05, 0) is 22.6 Å². The minimum absolute atomic E-state index is 0.0152. The summed E-state index contributed by atoms with van der Waals surface area (Å²) >= 11 is 0. The zero-order valence-electron chi connectivity index (χ0n) is 17.4. The monoisotopic (exact) mass is 407 g/mol. The summed E-state index contributed by atoms with van der Waals surface area (Å²) in [6.07, 6.45) is 1.79. The Morgan fingerprint density at radius 1 is 0.710 bits per heavy atom. The topological polar surface area (TPSA) is 36.4 Å². The minimum Gasteiger partial charge on any atom is -0.335 e. The zero-order chi connectivity index (χ0) is 21.0. The van der Waals surface area contributed by atoms with Crippen LogP contribution in [0.2, 0.25) is 0 Å². The van der Waals surface area contributed by atoms with Crippen molar-refractivity contribution in [2.24, 2.45) is 0 Å². The van der Waals surface area contributed by atoms with E-state index in [4.69, 9.17) is 0 Å². The predicted molar refractivity (Wildman–Crippen MR) is 124 cm³/mol. The maximum atomic E-state index is 13.1. The number of pyridine rings is 1. The molecule has 1 saturated heterocycles. The minimum atomic E-state index is 0.0152. The Bertz CT molecular complexity index is 1130. The summed E-state index contributed by atoms with van der Waals surface area (Å²) in [5.74, 6) is 0.0152. The number of benzene rings is 3. The molecule has 0 unspecified atom stereocenters.